The van der Waals surface area contributed by atoms with Crippen molar-refractivity contribution in [2.75, 3.05) is 20.2 Å². The Morgan fingerprint density at radius 3 is 2.96 bits per heavy atom. The first-order chi connectivity index (χ1) is 11.1. The number of fused-ring (bicyclic) bond motifs is 1. The molecule has 3 rings (SSSR count). The first-order valence-corrected chi connectivity index (χ1v) is 8.25. The Hall–Kier alpha value is -2.01. The number of hydrogen-bond donors (Lipinski definition) is 1. The Kier molecular flexibility index (Phi) is 4.86. The zero-order valence-electron chi connectivity index (χ0n) is 13.7. The molecule has 0 radical (unpaired) electrons. The van der Waals surface area contributed by atoms with Crippen molar-refractivity contribution < 1.29 is 13.9 Å². The third-order valence-electron chi connectivity index (χ3n) is 4.31. The highest BCUT2D eigenvalue weighted by molar-refractivity contribution is 5.78. The Balaban J connectivity index is 1.57. The molecule has 1 saturated heterocycles. The molecule has 1 N–H and O–H groups in total. The second kappa shape index (κ2) is 7.04. The van der Waals surface area contributed by atoms with Gasteiger partial charge in [-0.3, -0.25) is 0 Å². The molecule has 2 aromatic rings. The molecule has 5 nitrogen and oxygen atoms in total. The molecule has 0 aliphatic carbocycles. The standard InChI is InChI=1S/C18H24N2O3/c1-13(17-11-14-7-3-4-9-16(14)23-17)19-18(21)20(2)12-15-8-5-6-10-22-15/h3-4,7,9,11,13,15H,5-6,8,10,12H2,1-2H3,(H,19,21). The number of amides is 2. The zero-order chi connectivity index (χ0) is 16.2. The van der Waals surface area contributed by atoms with Crippen molar-refractivity contribution in [1.82, 2.24) is 10.2 Å². The predicted molar refractivity (Wildman–Crippen MR) is 89.4 cm³/mol. The maximum atomic E-state index is 12.3. The summed E-state index contributed by atoms with van der Waals surface area (Å²) in [4.78, 5) is 14.0. The number of carbonyl (C=O) groups excluding carboxylic acids is 1. The fourth-order valence-electron chi connectivity index (χ4n) is 2.92. The number of urea groups is 1. The quantitative estimate of drug-likeness (QED) is 0.935. The second-order valence-corrected chi connectivity index (χ2v) is 6.23. The summed E-state index contributed by atoms with van der Waals surface area (Å²) in [7, 11) is 1.80. The van der Waals surface area contributed by atoms with Crippen LogP contribution in [0.5, 0.6) is 0 Å². The van der Waals surface area contributed by atoms with E-state index in [1.54, 1.807) is 11.9 Å². The van der Waals surface area contributed by atoms with Gasteiger partial charge in [-0.25, -0.2) is 4.79 Å². The van der Waals surface area contributed by atoms with E-state index in [1.165, 1.54) is 6.42 Å². The third kappa shape index (κ3) is 3.85. The van der Waals surface area contributed by atoms with Crippen LogP contribution >= 0.6 is 0 Å². The number of likely N-dealkylation sites (N-methyl/N-ethyl adjacent to an activating group) is 1. The maximum absolute atomic E-state index is 12.3. The molecule has 2 heterocycles. The molecule has 1 aromatic heterocycles. The Labute approximate surface area is 136 Å². The van der Waals surface area contributed by atoms with Gasteiger partial charge in [0.2, 0.25) is 0 Å². The minimum absolute atomic E-state index is 0.105. The smallest absolute Gasteiger partial charge is 0.317 e. The molecule has 0 bridgehead atoms. The molecular weight excluding hydrogens is 292 g/mol. The van der Waals surface area contributed by atoms with Gasteiger partial charge in [-0.15, -0.1) is 0 Å². The number of nitrogens with zero attached hydrogens (tertiary/aromatic N) is 1. The van der Waals surface area contributed by atoms with Crippen molar-refractivity contribution >= 4 is 17.0 Å². The van der Waals surface area contributed by atoms with E-state index >= 15 is 0 Å². The SMILES string of the molecule is CC(NC(=O)N(C)CC1CCCCO1)c1cc2ccccc2o1. The molecule has 1 fully saturated rings. The van der Waals surface area contributed by atoms with Crippen LogP contribution < -0.4 is 5.32 Å². The monoisotopic (exact) mass is 316 g/mol. The average Bonchev–Trinajstić information content (AvgIpc) is 3.00. The van der Waals surface area contributed by atoms with Gasteiger partial charge in [-0.1, -0.05) is 18.2 Å². The highest BCUT2D eigenvalue weighted by atomic mass is 16.5. The van der Waals surface area contributed by atoms with Gasteiger partial charge in [0.1, 0.15) is 11.3 Å². The average molecular weight is 316 g/mol. The van der Waals surface area contributed by atoms with Crippen LogP contribution in [0.1, 0.15) is 38.0 Å². The van der Waals surface area contributed by atoms with Crippen LogP contribution in [0, 0.1) is 0 Å². The van der Waals surface area contributed by atoms with Crippen molar-refractivity contribution in [2.24, 2.45) is 0 Å². The van der Waals surface area contributed by atoms with Gasteiger partial charge in [0.15, 0.2) is 0 Å². The number of furan rings is 1. The number of hydrogen-bond acceptors (Lipinski definition) is 3. The molecule has 1 aromatic carbocycles. The van der Waals surface area contributed by atoms with Gasteiger partial charge in [-0.05, 0) is 38.3 Å². The molecular formula is C18H24N2O3. The molecule has 1 aliphatic rings. The van der Waals surface area contributed by atoms with E-state index in [1.807, 2.05) is 37.3 Å². The van der Waals surface area contributed by atoms with E-state index in [2.05, 4.69) is 5.32 Å². The first kappa shape index (κ1) is 15.9. The summed E-state index contributed by atoms with van der Waals surface area (Å²) >= 11 is 0. The molecule has 5 heteroatoms. The van der Waals surface area contributed by atoms with Crippen LogP contribution in [0.3, 0.4) is 0 Å². The van der Waals surface area contributed by atoms with Gasteiger partial charge in [0.05, 0.1) is 12.1 Å². The number of rotatable bonds is 4. The van der Waals surface area contributed by atoms with E-state index in [9.17, 15) is 4.79 Å². The van der Waals surface area contributed by atoms with E-state index < -0.39 is 0 Å². The molecule has 0 saturated carbocycles. The molecule has 2 atom stereocenters. The minimum atomic E-state index is -0.176. The molecule has 0 spiro atoms. The van der Waals surface area contributed by atoms with Crippen molar-refractivity contribution in [1.29, 1.82) is 0 Å². The van der Waals surface area contributed by atoms with Crippen LogP contribution in [0.25, 0.3) is 11.0 Å². The lowest BCUT2D eigenvalue weighted by molar-refractivity contribution is 0.00371. The third-order valence-corrected chi connectivity index (χ3v) is 4.31. The Morgan fingerprint density at radius 1 is 1.39 bits per heavy atom. The van der Waals surface area contributed by atoms with E-state index in [4.69, 9.17) is 9.15 Å². The van der Waals surface area contributed by atoms with E-state index in [-0.39, 0.29) is 18.2 Å². The minimum Gasteiger partial charge on any atom is -0.459 e. The Bertz CT molecular complexity index is 628. The van der Waals surface area contributed by atoms with Gasteiger partial charge in [0, 0.05) is 25.6 Å². The van der Waals surface area contributed by atoms with Gasteiger partial charge < -0.3 is 19.4 Å². The van der Waals surface area contributed by atoms with Crippen molar-refractivity contribution in [3.8, 4) is 0 Å². The maximum Gasteiger partial charge on any atom is 0.317 e. The summed E-state index contributed by atoms with van der Waals surface area (Å²) in [6.45, 7) is 3.36. The van der Waals surface area contributed by atoms with E-state index in [0.717, 1.165) is 36.2 Å². The summed E-state index contributed by atoms with van der Waals surface area (Å²) in [5, 5.41) is 4.03. The molecule has 1 aliphatic heterocycles. The fourth-order valence-corrected chi connectivity index (χ4v) is 2.92. The number of benzene rings is 1. The lowest BCUT2D eigenvalue weighted by Gasteiger charge is -2.28. The topological polar surface area (TPSA) is 54.7 Å². The summed E-state index contributed by atoms with van der Waals surface area (Å²) < 4.78 is 11.5. The number of para-hydroxylation sites is 1. The van der Waals surface area contributed by atoms with Crippen LogP contribution in [0.15, 0.2) is 34.7 Å². The lowest BCUT2D eigenvalue weighted by Crippen LogP contribution is -2.43. The molecule has 23 heavy (non-hydrogen) atoms. The number of ether oxygens (including phenoxy) is 1. The zero-order valence-corrected chi connectivity index (χ0v) is 13.7. The lowest BCUT2D eigenvalue weighted by atomic mass is 10.1. The van der Waals surface area contributed by atoms with Gasteiger partial charge in [0.25, 0.3) is 0 Å². The largest absolute Gasteiger partial charge is 0.459 e. The Morgan fingerprint density at radius 2 is 2.22 bits per heavy atom. The van der Waals surface area contributed by atoms with E-state index in [0.29, 0.717) is 6.54 Å². The summed E-state index contributed by atoms with van der Waals surface area (Å²) in [5.74, 6) is 0.766. The van der Waals surface area contributed by atoms with Crippen LogP contribution in [0.2, 0.25) is 0 Å². The van der Waals surface area contributed by atoms with Crippen LogP contribution in [-0.4, -0.2) is 37.2 Å². The molecule has 2 amide bonds. The highest BCUT2D eigenvalue weighted by Gasteiger charge is 2.21. The fraction of sp³-hybridized carbons (Fsp3) is 0.500. The second-order valence-electron chi connectivity index (χ2n) is 6.23. The van der Waals surface area contributed by atoms with Crippen molar-refractivity contribution in [2.45, 2.75) is 38.3 Å². The van der Waals surface area contributed by atoms with Gasteiger partial charge >= 0.3 is 6.03 Å². The van der Waals surface area contributed by atoms with Gasteiger partial charge in [-0.2, -0.15) is 0 Å². The van der Waals surface area contributed by atoms with Crippen LogP contribution in [-0.2, 0) is 4.74 Å². The van der Waals surface area contributed by atoms with Crippen molar-refractivity contribution in [3.63, 3.8) is 0 Å². The summed E-state index contributed by atoms with van der Waals surface area (Å²) in [6, 6.07) is 9.55. The molecule has 2 unspecified atom stereocenters. The highest BCUT2D eigenvalue weighted by Crippen LogP contribution is 2.23. The summed E-state index contributed by atoms with van der Waals surface area (Å²) in [6.07, 6.45) is 3.47. The predicted octanol–water partition coefficient (Wildman–Crippen LogP) is 3.70. The van der Waals surface area contributed by atoms with Crippen LogP contribution in [0.4, 0.5) is 4.79 Å². The first-order valence-electron chi connectivity index (χ1n) is 8.25. The van der Waals surface area contributed by atoms with Crippen molar-refractivity contribution in [3.05, 3.63) is 36.1 Å². The number of carbonyl (C=O) groups is 1. The number of nitrogens with one attached hydrogen (secondary N) is 1. The normalized spacial score (nSPS) is 19.5. The summed E-state index contributed by atoms with van der Waals surface area (Å²) in [5.41, 5.74) is 0.840. The molecule has 124 valence electrons.